The van der Waals surface area contributed by atoms with Gasteiger partial charge in [0.2, 0.25) is 11.8 Å². The lowest BCUT2D eigenvalue weighted by Gasteiger charge is -2.47. The van der Waals surface area contributed by atoms with Gasteiger partial charge in [0.05, 0.1) is 17.7 Å². The maximum atomic E-state index is 13.0. The predicted molar refractivity (Wildman–Crippen MR) is 84.7 cm³/mol. The fourth-order valence-electron chi connectivity index (χ4n) is 3.92. The zero-order valence-corrected chi connectivity index (χ0v) is 13.7. The topological polar surface area (TPSA) is 46.6 Å². The molecule has 4 heteroatoms. The van der Waals surface area contributed by atoms with Crippen LogP contribution in [0, 0.1) is 16.7 Å². The van der Waals surface area contributed by atoms with E-state index in [9.17, 15) is 9.59 Å². The van der Waals surface area contributed by atoms with Gasteiger partial charge in [-0.3, -0.25) is 9.59 Å². The highest BCUT2D eigenvalue weighted by Gasteiger charge is 2.64. The number of rotatable bonds is 3. The van der Waals surface area contributed by atoms with Crippen LogP contribution in [0.15, 0.2) is 24.3 Å². The summed E-state index contributed by atoms with van der Waals surface area (Å²) < 4.78 is 5.42. The van der Waals surface area contributed by atoms with Crippen molar-refractivity contribution < 1.29 is 14.3 Å². The minimum atomic E-state index is -0.468. The molecule has 2 bridgehead atoms. The van der Waals surface area contributed by atoms with Crippen LogP contribution in [0.1, 0.15) is 40.5 Å². The van der Waals surface area contributed by atoms with Crippen molar-refractivity contribution in [3.8, 4) is 5.75 Å². The van der Waals surface area contributed by atoms with Crippen LogP contribution in [-0.4, -0.2) is 18.4 Å². The fraction of sp³-hybridized carbons (Fsp3) is 0.556. The molecule has 2 aliphatic rings. The van der Waals surface area contributed by atoms with Gasteiger partial charge in [0.25, 0.3) is 0 Å². The number of hydrogen-bond acceptors (Lipinski definition) is 3. The molecule has 1 aromatic carbocycles. The summed E-state index contributed by atoms with van der Waals surface area (Å²) in [6, 6.07) is 7.20. The number of benzene rings is 1. The molecule has 2 fully saturated rings. The second kappa shape index (κ2) is 4.83. The summed E-state index contributed by atoms with van der Waals surface area (Å²) in [6.45, 7) is 8.62. The van der Waals surface area contributed by atoms with E-state index in [0.717, 1.165) is 18.6 Å². The second-order valence-electron chi connectivity index (χ2n) is 7.05. The Hall–Kier alpha value is -1.84. The van der Waals surface area contributed by atoms with E-state index in [1.54, 1.807) is 12.1 Å². The van der Waals surface area contributed by atoms with Crippen LogP contribution in [0.5, 0.6) is 5.75 Å². The molecule has 0 spiro atoms. The van der Waals surface area contributed by atoms with Crippen LogP contribution < -0.4 is 9.64 Å². The predicted octanol–water partition coefficient (Wildman–Crippen LogP) is 3.40. The monoisotopic (exact) mass is 301 g/mol. The van der Waals surface area contributed by atoms with Crippen LogP contribution in [0.3, 0.4) is 0 Å². The lowest BCUT2D eigenvalue weighted by atomic mass is 9.62. The molecule has 118 valence electrons. The molecule has 22 heavy (non-hydrogen) atoms. The molecule has 1 aliphatic heterocycles. The number of carbonyl (C=O) groups is 2. The van der Waals surface area contributed by atoms with Gasteiger partial charge in [-0.25, -0.2) is 4.90 Å². The number of ether oxygens (including phenoxy) is 1. The smallest absolute Gasteiger partial charge is 0.240 e. The summed E-state index contributed by atoms with van der Waals surface area (Å²) in [5.41, 5.74) is -0.0975. The molecule has 1 saturated heterocycles. The van der Waals surface area contributed by atoms with E-state index in [0.29, 0.717) is 12.3 Å². The van der Waals surface area contributed by atoms with Crippen LogP contribution in [-0.2, 0) is 9.59 Å². The zero-order chi connectivity index (χ0) is 16.1. The Balaban J connectivity index is 1.98. The second-order valence-corrected chi connectivity index (χ2v) is 7.05. The van der Waals surface area contributed by atoms with Crippen molar-refractivity contribution in [2.24, 2.45) is 16.7 Å². The van der Waals surface area contributed by atoms with Gasteiger partial charge in [-0.05, 0) is 49.4 Å². The SMILES string of the molecule is CCOc1ccc(N2C(=O)C3CCC(C)(C2=O)C3(C)C)cc1. The number of imide groups is 1. The van der Waals surface area contributed by atoms with Crippen molar-refractivity contribution in [3.63, 3.8) is 0 Å². The highest BCUT2D eigenvalue weighted by Crippen LogP contribution is 2.60. The Morgan fingerprint density at radius 3 is 2.41 bits per heavy atom. The first-order valence-electron chi connectivity index (χ1n) is 7.94. The summed E-state index contributed by atoms with van der Waals surface area (Å²) >= 11 is 0. The van der Waals surface area contributed by atoms with Crippen LogP contribution in [0.4, 0.5) is 5.69 Å². The van der Waals surface area contributed by atoms with Crippen LogP contribution in [0.2, 0.25) is 0 Å². The third kappa shape index (κ3) is 1.82. The standard InChI is InChI=1S/C18H23NO3/c1-5-22-13-8-6-12(7-9-13)19-15(20)14-10-11-18(4,16(19)21)17(14,2)3/h6-9,14H,5,10-11H2,1-4H3. The van der Waals surface area contributed by atoms with E-state index < -0.39 is 5.41 Å². The number of anilines is 1. The Labute approximate surface area is 131 Å². The highest BCUT2D eigenvalue weighted by atomic mass is 16.5. The maximum absolute atomic E-state index is 13.0. The molecule has 3 rings (SSSR count). The van der Waals surface area contributed by atoms with E-state index in [-0.39, 0.29) is 23.1 Å². The Morgan fingerprint density at radius 1 is 1.18 bits per heavy atom. The van der Waals surface area contributed by atoms with Gasteiger partial charge >= 0.3 is 0 Å². The molecular weight excluding hydrogens is 278 g/mol. The number of nitrogens with zero attached hydrogens (tertiary/aromatic N) is 1. The summed E-state index contributed by atoms with van der Waals surface area (Å²) in [5.74, 6) is 0.536. The molecule has 2 atom stereocenters. The van der Waals surface area contributed by atoms with Crippen molar-refractivity contribution in [2.45, 2.75) is 40.5 Å². The average molecular weight is 301 g/mol. The number of amides is 2. The quantitative estimate of drug-likeness (QED) is 0.804. The van der Waals surface area contributed by atoms with Crippen molar-refractivity contribution in [2.75, 3.05) is 11.5 Å². The lowest BCUT2D eigenvalue weighted by molar-refractivity contribution is -0.146. The molecule has 0 N–H and O–H groups in total. The maximum Gasteiger partial charge on any atom is 0.240 e. The Kier molecular flexibility index (Phi) is 3.31. The van der Waals surface area contributed by atoms with Gasteiger partial charge in [0.1, 0.15) is 5.75 Å². The van der Waals surface area contributed by atoms with Crippen LogP contribution in [0.25, 0.3) is 0 Å². The van der Waals surface area contributed by atoms with Crippen molar-refractivity contribution in [3.05, 3.63) is 24.3 Å². The molecule has 1 aliphatic carbocycles. The first-order chi connectivity index (χ1) is 10.3. The van der Waals surface area contributed by atoms with Gasteiger partial charge in [-0.1, -0.05) is 20.8 Å². The molecule has 1 aromatic rings. The van der Waals surface area contributed by atoms with Crippen LogP contribution >= 0.6 is 0 Å². The minimum absolute atomic E-state index is 0.0610. The fourth-order valence-corrected chi connectivity index (χ4v) is 3.92. The summed E-state index contributed by atoms with van der Waals surface area (Å²) in [7, 11) is 0. The molecule has 4 nitrogen and oxygen atoms in total. The van der Waals surface area contributed by atoms with Crippen molar-refractivity contribution >= 4 is 17.5 Å². The minimum Gasteiger partial charge on any atom is -0.494 e. The normalized spacial score (nSPS) is 29.8. The summed E-state index contributed by atoms with van der Waals surface area (Å²) in [6.07, 6.45) is 1.57. The molecule has 2 unspecified atom stereocenters. The van der Waals surface area contributed by atoms with E-state index in [1.807, 2.05) is 26.0 Å². The van der Waals surface area contributed by atoms with E-state index >= 15 is 0 Å². The van der Waals surface area contributed by atoms with Gasteiger partial charge < -0.3 is 4.74 Å². The van der Waals surface area contributed by atoms with Crippen molar-refractivity contribution in [1.82, 2.24) is 0 Å². The number of carbonyl (C=O) groups excluding carboxylic acids is 2. The largest absolute Gasteiger partial charge is 0.494 e. The molecule has 0 aromatic heterocycles. The Morgan fingerprint density at radius 2 is 1.82 bits per heavy atom. The third-order valence-corrected chi connectivity index (χ3v) is 5.83. The van der Waals surface area contributed by atoms with Gasteiger partial charge in [0, 0.05) is 5.92 Å². The molecule has 1 heterocycles. The molecule has 0 radical (unpaired) electrons. The van der Waals surface area contributed by atoms with E-state index in [4.69, 9.17) is 4.74 Å². The van der Waals surface area contributed by atoms with Gasteiger partial charge in [-0.2, -0.15) is 0 Å². The van der Waals surface area contributed by atoms with E-state index in [2.05, 4.69) is 13.8 Å². The number of hydrogen-bond donors (Lipinski definition) is 0. The summed E-state index contributed by atoms with van der Waals surface area (Å²) in [4.78, 5) is 27.2. The summed E-state index contributed by atoms with van der Waals surface area (Å²) in [5, 5.41) is 0. The molecule has 2 amide bonds. The third-order valence-electron chi connectivity index (χ3n) is 5.83. The first kappa shape index (κ1) is 15.1. The highest BCUT2D eigenvalue weighted by molar-refractivity contribution is 6.20. The first-order valence-corrected chi connectivity index (χ1v) is 7.94. The van der Waals surface area contributed by atoms with E-state index in [1.165, 1.54) is 4.90 Å². The number of piperidine rings is 1. The number of fused-ring (bicyclic) bond motifs is 2. The zero-order valence-electron chi connectivity index (χ0n) is 13.7. The lowest BCUT2D eigenvalue weighted by Crippen LogP contribution is -2.59. The van der Waals surface area contributed by atoms with Gasteiger partial charge in [0.15, 0.2) is 0 Å². The Bertz CT molecular complexity index is 620. The average Bonchev–Trinajstić information content (AvgIpc) is 2.65. The molecule has 1 saturated carbocycles. The van der Waals surface area contributed by atoms with Gasteiger partial charge in [-0.15, -0.1) is 0 Å². The van der Waals surface area contributed by atoms with Crippen molar-refractivity contribution in [1.29, 1.82) is 0 Å². The molecular formula is C18H23NO3.